The Labute approximate surface area is 356 Å². The normalized spacial score (nSPS) is 15.1. The van der Waals surface area contributed by atoms with Crippen LogP contribution in [0.15, 0.2) is 85.1 Å². The summed E-state index contributed by atoms with van der Waals surface area (Å²) in [4.78, 5) is 25.3. The Balaban J connectivity index is 4.55. The van der Waals surface area contributed by atoms with Crippen LogP contribution in [-0.4, -0.2) is 68.5 Å². The summed E-state index contributed by atoms with van der Waals surface area (Å²) in [5.41, 5.74) is 0. The van der Waals surface area contributed by atoms with Crippen molar-refractivity contribution in [3.63, 3.8) is 0 Å². The van der Waals surface area contributed by atoms with Gasteiger partial charge < -0.3 is 28.8 Å². The zero-order valence-corrected chi connectivity index (χ0v) is 38.6. The Morgan fingerprint density at radius 2 is 1.07 bits per heavy atom. The van der Waals surface area contributed by atoms with Gasteiger partial charge in [0.1, 0.15) is 13.2 Å². The summed E-state index contributed by atoms with van der Waals surface area (Å²) in [6, 6.07) is -0.925. The monoisotopic (exact) mass is 831 g/mol. The number of nitrogens with one attached hydrogen (secondary N) is 1. The third-order valence-electron chi connectivity index (χ3n) is 9.59. The van der Waals surface area contributed by atoms with Crippen molar-refractivity contribution in [3.05, 3.63) is 85.1 Å². The smallest absolute Gasteiger partial charge is 0.268 e. The first kappa shape index (κ1) is 55.7. The van der Waals surface area contributed by atoms with Crippen LogP contribution in [0.25, 0.3) is 0 Å². The minimum atomic E-state index is -4.61. The molecule has 58 heavy (non-hydrogen) atoms. The van der Waals surface area contributed by atoms with Gasteiger partial charge in [0.25, 0.3) is 7.82 Å². The highest BCUT2D eigenvalue weighted by molar-refractivity contribution is 7.45. The van der Waals surface area contributed by atoms with Crippen molar-refractivity contribution in [2.24, 2.45) is 0 Å². The molecule has 0 fully saturated rings. The van der Waals surface area contributed by atoms with Crippen LogP contribution < -0.4 is 10.2 Å². The van der Waals surface area contributed by atoms with Gasteiger partial charge in [-0.15, -0.1) is 0 Å². The summed E-state index contributed by atoms with van der Waals surface area (Å²) in [6.07, 6.45) is 54.9. The fourth-order valence-electron chi connectivity index (χ4n) is 5.96. The number of phosphoric ester groups is 1. The molecule has 1 amide bonds. The van der Waals surface area contributed by atoms with E-state index in [1.54, 1.807) is 6.08 Å². The zero-order valence-electron chi connectivity index (χ0n) is 37.7. The Bertz CT molecular complexity index is 1220. The third-order valence-corrected chi connectivity index (χ3v) is 10.6. The molecule has 2 N–H and O–H groups in total. The van der Waals surface area contributed by atoms with Gasteiger partial charge in [0.05, 0.1) is 39.9 Å². The molecule has 3 unspecified atom stereocenters. The average Bonchev–Trinajstić information content (AvgIpc) is 3.17. The van der Waals surface area contributed by atoms with E-state index in [4.69, 9.17) is 9.05 Å². The minimum absolute atomic E-state index is 0.0177. The molecule has 0 radical (unpaired) electrons. The topological polar surface area (TPSA) is 108 Å². The summed E-state index contributed by atoms with van der Waals surface area (Å²) in [7, 11) is 1.20. The molecule has 0 aromatic heterocycles. The molecule has 3 atom stereocenters. The molecule has 0 spiro atoms. The van der Waals surface area contributed by atoms with Gasteiger partial charge in [-0.05, 0) is 77.0 Å². The number of rotatable bonds is 40. The predicted molar refractivity (Wildman–Crippen MR) is 246 cm³/mol. The number of quaternary nitrogens is 1. The number of hydrogen-bond donors (Lipinski definition) is 2. The number of phosphoric acid groups is 1. The fourth-order valence-corrected chi connectivity index (χ4v) is 6.68. The number of unbranched alkanes of at least 4 members (excludes halogenated alkanes) is 15. The summed E-state index contributed by atoms with van der Waals surface area (Å²) in [5, 5.41) is 13.7. The highest BCUT2D eigenvalue weighted by Gasteiger charge is 2.23. The number of carbonyl (C=O) groups excluding carboxylic acids is 1. The number of nitrogens with zero attached hydrogens (tertiary/aromatic N) is 1. The summed E-state index contributed by atoms with van der Waals surface area (Å²) in [6.45, 7) is 4.46. The van der Waals surface area contributed by atoms with E-state index in [9.17, 15) is 19.4 Å². The molecule has 9 heteroatoms. The van der Waals surface area contributed by atoms with Crippen molar-refractivity contribution in [1.29, 1.82) is 0 Å². The maximum Gasteiger partial charge on any atom is 0.268 e. The van der Waals surface area contributed by atoms with Crippen molar-refractivity contribution >= 4 is 13.7 Å². The van der Waals surface area contributed by atoms with E-state index in [-0.39, 0.29) is 18.9 Å². The first-order chi connectivity index (χ1) is 28.0. The molecule has 0 rings (SSSR count). The molecule has 334 valence electrons. The van der Waals surface area contributed by atoms with Crippen LogP contribution in [-0.2, 0) is 18.4 Å². The molecular formula is C49H87N2O6P. The van der Waals surface area contributed by atoms with Gasteiger partial charge in [0.15, 0.2) is 0 Å². The van der Waals surface area contributed by atoms with E-state index in [1.165, 1.54) is 70.6 Å². The van der Waals surface area contributed by atoms with Crippen LogP contribution in [0.4, 0.5) is 0 Å². The number of aliphatic hydroxyl groups excluding tert-OH is 1. The number of amides is 1. The SMILES string of the molecule is CC/C=C\C/C=C\C/C=C\C/C=C\C/C=C\CCCCCC(=O)NC(COP(=O)([O-])OCC[N+](C)(C)C)C(O)/C=C/CC/C=C/CCCCCCCCCCCCC. The van der Waals surface area contributed by atoms with E-state index in [2.05, 4.69) is 92.1 Å². The lowest BCUT2D eigenvalue weighted by Gasteiger charge is -2.29. The second kappa shape index (κ2) is 40.1. The van der Waals surface area contributed by atoms with Gasteiger partial charge in [0, 0.05) is 6.42 Å². The van der Waals surface area contributed by atoms with Gasteiger partial charge in [0.2, 0.25) is 5.91 Å². The zero-order chi connectivity index (χ0) is 42.8. The largest absolute Gasteiger partial charge is 0.756 e. The van der Waals surface area contributed by atoms with Crippen LogP contribution in [0.5, 0.6) is 0 Å². The summed E-state index contributed by atoms with van der Waals surface area (Å²) >= 11 is 0. The van der Waals surface area contributed by atoms with Crippen LogP contribution >= 0.6 is 7.82 Å². The number of likely N-dealkylation sites (N-methyl/N-ethyl adjacent to an activating group) is 1. The fraction of sp³-hybridized carbons (Fsp3) is 0.694. The predicted octanol–water partition coefficient (Wildman–Crippen LogP) is 12.3. The van der Waals surface area contributed by atoms with Gasteiger partial charge in [-0.2, -0.15) is 0 Å². The molecule has 0 saturated heterocycles. The molecule has 0 aliphatic heterocycles. The van der Waals surface area contributed by atoms with Crippen molar-refractivity contribution in [3.8, 4) is 0 Å². The number of aliphatic hydroxyl groups is 1. The van der Waals surface area contributed by atoms with Gasteiger partial charge in [-0.25, -0.2) is 0 Å². The lowest BCUT2D eigenvalue weighted by molar-refractivity contribution is -0.870. The van der Waals surface area contributed by atoms with Crippen molar-refractivity contribution in [1.82, 2.24) is 5.32 Å². The first-order valence-corrected chi connectivity index (χ1v) is 24.4. The van der Waals surface area contributed by atoms with E-state index < -0.39 is 26.6 Å². The lowest BCUT2D eigenvalue weighted by Crippen LogP contribution is -2.45. The molecule has 0 saturated carbocycles. The lowest BCUT2D eigenvalue weighted by atomic mass is 10.1. The van der Waals surface area contributed by atoms with Crippen molar-refractivity contribution < 1.29 is 32.9 Å². The number of hydrogen-bond acceptors (Lipinski definition) is 6. The molecule has 0 aromatic rings. The minimum Gasteiger partial charge on any atom is -0.756 e. The molecular weight excluding hydrogens is 744 g/mol. The molecule has 8 nitrogen and oxygen atoms in total. The number of allylic oxidation sites excluding steroid dienone is 13. The number of carbonyl (C=O) groups is 1. The first-order valence-electron chi connectivity index (χ1n) is 22.9. The molecule has 0 aliphatic rings. The van der Waals surface area contributed by atoms with E-state index in [1.807, 2.05) is 27.2 Å². The van der Waals surface area contributed by atoms with Crippen LogP contribution in [0.1, 0.15) is 168 Å². The standard InChI is InChI=1S/C49H87N2O6P/c1-6-8-10-12-14-16-18-20-22-24-25-27-29-31-33-35-37-39-41-43-49(53)50-47(46-57-58(54,55)56-45-44-51(3,4)5)48(52)42-40-38-36-34-32-30-28-26-23-21-19-17-15-13-11-9-7-2/h8,10,14,16,20,22,25,27,31-34,40,42,47-48,52H,6-7,9,11-13,15,17-19,21,23-24,26,28-30,35-39,41,43-46H2,1-5H3,(H-,50,53,54,55)/b10-8-,16-14-,22-20-,27-25-,33-31-,34-32+,42-40+. The Kier molecular flexibility index (Phi) is 38.5. The van der Waals surface area contributed by atoms with E-state index in [0.29, 0.717) is 17.4 Å². The highest BCUT2D eigenvalue weighted by Crippen LogP contribution is 2.38. The van der Waals surface area contributed by atoms with Gasteiger partial charge in [-0.1, -0.05) is 170 Å². The Morgan fingerprint density at radius 3 is 1.60 bits per heavy atom. The van der Waals surface area contributed by atoms with Crippen LogP contribution in [0, 0.1) is 0 Å². The Hall–Kier alpha value is -2.32. The molecule has 0 aromatic carbocycles. The van der Waals surface area contributed by atoms with E-state index >= 15 is 0 Å². The van der Waals surface area contributed by atoms with Crippen molar-refractivity contribution in [2.45, 2.75) is 180 Å². The van der Waals surface area contributed by atoms with Crippen molar-refractivity contribution in [2.75, 3.05) is 40.9 Å². The summed E-state index contributed by atoms with van der Waals surface area (Å²) in [5.74, 6) is -0.243. The van der Waals surface area contributed by atoms with Crippen LogP contribution in [0.2, 0.25) is 0 Å². The maximum atomic E-state index is 12.9. The van der Waals surface area contributed by atoms with Gasteiger partial charge >= 0.3 is 0 Å². The third kappa shape index (κ3) is 41.8. The quantitative estimate of drug-likeness (QED) is 0.0276. The Morgan fingerprint density at radius 1 is 0.621 bits per heavy atom. The highest BCUT2D eigenvalue weighted by atomic mass is 31.2. The second-order valence-electron chi connectivity index (χ2n) is 16.4. The average molecular weight is 831 g/mol. The molecule has 0 aliphatic carbocycles. The second-order valence-corrected chi connectivity index (χ2v) is 17.8. The van der Waals surface area contributed by atoms with Gasteiger partial charge in [-0.3, -0.25) is 9.36 Å². The van der Waals surface area contributed by atoms with Crippen LogP contribution in [0.3, 0.4) is 0 Å². The van der Waals surface area contributed by atoms with E-state index in [0.717, 1.165) is 70.6 Å². The molecule has 0 bridgehead atoms. The maximum absolute atomic E-state index is 12.9. The molecule has 0 heterocycles. The summed E-state index contributed by atoms with van der Waals surface area (Å²) < 4.78 is 23.2.